The van der Waals surface area contributed by atoms with Crippen LogP contribution in [-0.2, 0) is 10.3 Å². The molecule has 0 saturated heterocycles. The number of nitrogens with one attached hydrogen (secondary N) is 1. The van der Waals surface area contributed by atoms with Gasteiger partial charge in [-0.15, -0.1) is 0 Å². The van der Waals surface area contributed by atoms with Gasteiger partial charge in [0.05, 0.1) is 0 Å². The molecular weight excluding hydrogens is 325 g/mol. The molecule has 3 rings (SSSR count). The highest BCUT2D eigenvalue weighted by molar-refractivity contribution is 7.80. The van der Waals surface area contributed by atoms with Gasteiger partial charge >= 0.3 is 0 Å². The monoisotopic (exact) mass is 337 g/mol. The van der Waals surface area contributed by atoms with Gasteiger partial charge in [0.1, 0.15) is 5.60 Å². The Morgan fingerprint density at radius 2 is 1.67 bits per heavy atom. The Labute approximate surface area is 139 Å². The summed E-state index contributed by atoms with van der Waals surface area (Å²) in [6.07, 6.45) is 0. The largest absolute Gasteiger partial charge is 0.460 e. The molecule has 21 heavy (non-hydrogen) atoms. The van der Waals surface area contributed by atoms with Gasteiger partial charge < -0.3 is 10.1 Å². The summed E-state index contributed by atoms with van der Waals surface area (Å²) in [6, 6.07) is 11.6. The van der Waals surface area contributed by atoms with E-state index in [0.717, 1.165) is 22.4 Å². The lowest BCUT2D eigenvalue weighted by atomic mass is 9.91. The number of thiocarbonyl (C=S) groups is 1. The van der Waals surface area contributed by atoms with Gasteiger partial charge in [-0.25, -0.2) is 0 Å². The molecule has 2 nitrogen and oxygen atoms in total. The predicted molar refractivity (Wildman–Crippen MR) is 92.2 cm³/mol. The highest BCUT2D eigenvalue weighted by Gasteiger charge is 2.31. The standard InChI is InChI=1S/C16H13Cl2NOS/c1-16(2)13-7-9(3-4-14(13)19-15(21)20-16)10-5-11(17)8-12(18)6-10/h3-8H,1-2H3,(H,19,21). The third-order valence-electron chi connectivity index (χ3n) is 3.45. The van der Waals surface area contributed by atoms with Crippen molar-refractivity contribution in [1.82, 2.24) is 0 Å². The minimum absolute atomic E-state index is 0.394. The number of rotatable bonds is 1. The molecule has 108 valence electrons. The number of anilines is 1. The van der Waals surface area contributed by atoms with Crippen molar-refractivity contribution in [2.45, 2.75) is 19.4 Å². The minimum atomic E-state index is -0.476. The second-order valence-electron chi connectivity index (χ2n) is 5.44. The summed E-state index contributed by atoms with van der Waals surface area (Å²) in [6.45, 7) is 3.99. The molecule has 1 heterocycles. The summed E-state index contributed by atoms with van der Waals surface area (Å²) in [7, 11) is 0. The first-order valence-electron chi connectivity index (χ1n) is 6.46. The van der Waals surface area contributed by atoms with Crippen LogP contribution in [0.2, 0.25) is 10.0 Å². The van der Waals surface area contributed by atoms with Crippen LogP contribution in [0.25, 0.3) is 11.1 Å². The fourth-order valence-electron chi connectivity index (χ4n) is 2.47. The van der Waals surface area contributed by atoms with E-state index in [2.05, 4.69) is 11.4 Å². The summed E-state index contributed by atoms with van der Waals surface area (Å²) in [5.74, 6) is 0. The van der Waals surface area contributed by atoms with Gasteiger partial charge in [0.15, 0.2) is 0 Å². The smallest absolute Gasteiger partial charge is 0.262 e. The van der Waals surface area contributed by atoms with Gasteiger partial charge in [0.25, 0.3) is 5.17 Å². The lowest BCUT2D eigenvalue weighted by molar-refractivity contribution is 0.0947. The Bertz CT molecular complexity index is 723. The number of hydrogen-bond donors (Lipinski definition) is 1. The van der Waals surface area contributed by atoms with Gasteiger partial charge in [0.2, 0.25) is 0 Å². The van der Waals surface area contributed by atoms with Crippen molar-refractivity contribution in [2.75, 3.05) is 5.32 Å². The maximum Gasteiger partial charge on any atom is 0.262 e. The number of fused-ring (bicyclic) bond motifs is 1. The summed E-state index contributed by atoms with van der Waals surface area (Å²) >= 11 is 17.3. The number of benzene rings is 2. The third kappa shape index (κ3) is 2.86. The van der Waals surface area contributed by atoms with Gasteiger partial charge in [-0.05, 0) is 67.5 Å². The van der Waals surface area contributed by atoms with Crippen LogP contribution in [0.4, 0.5) is 5.69 Å². The van der Waals surface area contributed by atoms with Crippen molar-refractivity contribution < 1.29 is 4.74 Å². The maximum atomic E-state index is 6.08. The zero-order chi connectivity index (χ0) is 15.2. The molecule has 2 aromatic carbocycles. The topological polar surface area (TPSA) is 21.3 Å². The van der Waals surface area contributed by atoms with E-state index < -0.39 is 5.60 Å². The molecule has 0 unspecified atom stereocenters. The maximum absolute atomic E-state index is 6.08. The second kappa shape index (κ2) is 5.16. The number of ether oxygens (including phenoxy) is 1. The number of halogens is 2. The summed E-state index contributed by atoms with van der Waals surface area (Å²) in [5.41, 5.74) is 3.54. The van der Waals surface area contributed by atoms with Crippen LogP contribution in [0.3, 0.4) is 0 Å². The van der Waals surface area contributed by atoms with Crippen LogP contribution >= 0.6 is 35.4 Å². The van der Waals surface area contributed by atoms with Gasteiger partial charge in [-0.2, -0.15) is 0 Å². The second-order valence-corrected chi connectivity index (χ2v) is 6.69. The predicted octanol–water partition coefficient (Wildman–Crippen LogP) is 5.62. The van der Waals surface area contributed by atoms with Crippen LogP contribution in [0, 0.1) is 0 Å². The molecule has 0 atom stereocenters. The van der Waals surface area contributed by atoms with Gasteiger partial charge in [-0.1, -0.05) is 29.3 Å². The van der Waals surface area contributed by atoms with E-state index in [1.807, 2.05) is 38.1 Å². The lowest BCUT2D eigenvalue weighted by Gasteiger charge is -2.34. The Hall–Kier alpha value is -1.29. The zero-order valence-corrected chi connectivity index (χ0v) is 13.9. The zero-order valence-electron chi connectivity index (χ0n) is 11.5. The Kier molecular flexibility index (Phi) is 3.60. The van der Waals surface area contributed by atoms with Crippen molar-refractivity contribution in [2.24, 2.45) is 0 Å². The first-order chi connectivity index (χ1) is 9.85. The Morgan fingerprint density at radius 1 is 1.00 bits per heavy atom. The molecule has 5 heteroatoms. The van der Waals surface area contributed by atoms with Gasteiger partial charge in [-0.3, -0.25) is 0 Å². The molecule has 0 bridgehead atoms. The molecule has 0 amide bonds. The molecule has 0 fully saturated rings. The van der Waals surface area contributed by atoms with E-state index in [-0.39, 0.29) is 0 Å². The van der Waals surface area contributed by atoms with Crippen LogP contribution in [-0.4, -0.2) is 5.17 Å². The molecule has 0 saturated carbocycles. The van der Waals surface area contributed by atoms with Crippen LogP contribution in [0.15, 0.2) is 36.4 Å². The Balaban J connectivity index is 2.13. The van der Waals surface area contributed by atoms with E-state index in [9.17, 15) is 0 Å². The Morgan fingerprint density at radius 3 is 2.33 bits per heavy atom. The molecule has 1 aliphatic rings. The van der Waals surface area contributed by atoms with E-state index in [1.165, 1.54) is 0 Å². The van der Waals surface area contributed by atoms with E-state index in [4.69, 9.17) is 40.2 Å². The van der Waals surface area contributed by atoms with Crippen molar-refractivity contribution in [3.63, 3.8) is 0 Å². The molecule has 1 N–H and O–H groups in total. The van der Waals surface area contributed by atoms with Gasteiger partial charge in [0, 0.05) is 21.3 Å². The van der Waals surface area contributed by atoms with Crippen LogP contribution in [0.1, 0.15) is 19.4 Å². The normalized spacial score (nSPS) is 15.9. The van der Waals surface area contributed by atoms with E-state index in [0.29, 0.717) is 15.2 Å². The quantitative estimate of drug-likeness (QED) is 0.682. The fraction of sp³-hybridized carbons (Fsp3) is 0.188. The highest BCUT2D eigenvalue weighted by Crippen LogP contribution is 2.38. The molecule has 2 aromatic rings. The van der Waals surface area contributed by atoms with Crippen molar-refractivity contribution in [3.8, 4) is 11.1 Å². The summed E-state index contributed by atoms with van der Waals surface area (Å²) < 4.78 is 5.71. The number of hydrogen-bond acceptors (Lipinski definition) is 2. The average Bonchev–Trinajstić information content (AvgIpc) is 2.36. The van der Waals surface area contributed by atoms with Crippen molar-refractivity contribution in [1.29, 1.82) is 0 Å². The molecule has 0 radical (unpaired) electrons. The summed E-state index contributed by atoms with van der Waals surface area (Å²) in [4.78, 5) is 0. The van der Waals surface area contributed by atoms with Crippen molar-refractivity contribution in [3.05, 3.63) is 52.0 Å². The first kappa shape index (κ1) is 14.6. The minimum Gasteiger partial charge on any atom is -0.460 e. The third-order valence-corrected chi connectivity index (χ3v) is 4.07. The molecular formula is C16H13Cl2NOS. The average molecular weight is 338 g/mol. The molecule has 0 spiro atoms. The van der Waals surface area contributed by atoms with E-state index >= 15 is 0 Å². The van der Waals surface area contributed by atoms with Crippen LogP contribution in [0.5, 0.6) is 0 Å². The highest BCUT2D eigenvalue weighted by atomic mass is 35.5. The molecule has 1 aliphatic heterocycles. The van der Waals surface area contributed by atoms with E-state index in [1.54, 1.807) is 6.07 Å². The fourth-order valence-corrected chi connectivity index (χ4v) is 3.32. The summed E-state index contributed by atoms with van der Waals surface area (Å²) in [5, 5.41) is 4.70. The molecule has 0 aromatic heterocycles. The van der Waals surface area contributed by atoms with Crippen molar-refractivity contribution >= 4 is 46.3 Å². The molecule has 0 aliphatic carbocycles. The first-order valence-corrected chi connectivity index (χ1v) is 7.62. The van der Waals surface area contributed by atoms with Crippen LogP contribution < -0.4 is 5.32 Å². The SMILES string of the molecule is CC1(C)OC(=S)Nc2ccc(-c3cc(Cl)cc(Cl)c3)cc21. The lowest BCUT2D eigenvalue weighted by Crippen LogP contribution is -2.34.